The number of alkyl halides is 3. The summed E-state index contributed by atoms with van der Waals surface area (Å²) in [5.41, 5.74) is 7.93. The minimum atomic E-state index is -4.81. The van der Waals surface area contributed by atoms with Crippen molar-refractivity contribution in [2.24, 2.45) is 11.5 Å². The summed E-state index contributed by atoms with van der Waals surface area (Å²) in [6.45, 7) is 0.602. The maximum Gasteiger partial charge on any atom is 0.459 e. The van der Waals surface area contributed by atoms with Crippen LogP contribution in [0.1, 0.15) is 19.5 Å². The monoisotopic (exact) mass is 479 g/mol. The molecule has 0 fully saturated rings. The number of aromatic nitrogens is 1. The molecule has 174 valence electrons. The highest BCUT2D eigenvalue weighted by molar-refractivity contribution is 6.33. The van der Waals surface area contributed by atoms with Gasteiger partial charge in [0.05, 0.1) is 12.1 Å². The van der Waals surface area contributed by atoms with Crippen LogP contribution in [-0.4, -0.2) is 39.7 Å². The fourth-order valence-electron chi connectivity index (χ4n) is 3.76. The second-order valence-electron chi connectivity index (χ2n) is 7.76. The summed E-state index contributed by atoms with van der Waals surface area (Å²) in [6, 6.07) is 5.15. The lowest BCUT2D eigenvalue weighted by atomic mass is 9.99. The molecular weight excluding hydrogens is 460 g/mol. The van der Waals surface area contributed by atoms with E-state index in [0.717, 1.165) is 19.9 Å². The van der Waals surface area contributed by atoms with E-state index in [-0.39, 0.29) is 40.8 Å². The van der Waals surface area contributed by atoms with Crippen LogP contribution >= 0.6 is 11.6 Å². The Morgan fingerprint density at radius 1 is 1.19 bits per heavy atom. The zero-order valence-corrected chi connectivity index (χ0v) is 17.8. The number of nitrogens with two attached hydrogens (primary N) is 2. The molecule has 4 N–H and O–H groups in total. The van der Waals surface area contributed by atoms with E-state index in [0.29, 0.717) is 0 Å². The molecule has 1 atom stereocenters. The molecule has 0 saturated carbocycles. The van der Waals surface area contributed by atoms with Gasteiger partial charge in [-0.05, 0) is 17.7 Å². The summed E-state index contributed by atoms with van der Waals surface area (Å²) in [4.78, 5) is 28.2. The van der Waals surface area contributed by atoms with E-state index in [2.05, 4.69) is 0 Å². The van der Waals surface area contributed by atoms with Crippen molar-refractivity contribution >= 4 is 23.8 Å². The van der Waals surface area contributed by atoms with E-state index >= 15 is 0 Å². The summed E-state index contributed by atoms with van der Waals surface area (Å²) < 4.78 is 61.0. The summed E-state index contributed by atoms with van der Waals surface area (Å²) in [5.74, 6) is -0.880. The summed E-state index contributed by atoms with van der Waals surface area (Å²) in [5, 5.41) is -0.0106. The first kappa shape index (κ1) is 23.7. The van der Waals surface area contributed by atoms with Gasteiger partial charge in [-0.2, -0.15) is 13.2 Å². The van der Waals surface area contributed by atoms with Crippen LogP contribution in [0.15, 0.2) is 24.3 Å². The predicted molar refractivity (Wildman–Crippen MR) is 105 cm³/mol. The van der Waals surface area contributed by atoms with Crippen LogP contribution in [-0.2, 0) is 17.9 Å². The number of carbonyl (C=O) groups excluding carboxylic acids is 2. The lowest BCUT2D eigenvalue weighted by Gasteiger charge is -2.47. The number of ether oxygens (including phenoxy) is 1. The maximum atomic E-state index is 14.0. The van der Waals surface area contributed by atoms with Crippen molar-refractivity contribution in [3.05, 3.63) is 40.9 Å². The van der Waals surface area contributed by atoms with Crippen LogP contribution in [0.3, 0.4) is 0 Å². The second-order valence-corrected chi connectivity index (χ2v) is 8.12. The Bertz CT molecular complexity index is 1090. The normalized spacial score (nSPS) is 18.7. The first-order valence-corrected chi connectivity index (χ1v) is 9.65. The molecule has 1 aliphatic heterocycles. The molecule has 0 aliphatic carbocycles. The molecule has 2 aromatic rings. The first-order valence-electron chi connectivity index (χ1n) is 9.27. The molecule has 1 aromatic heterocycles. The van der Waals surface area contributed by atoms with Crippen LogP contribution < -0.4 is 16.2 Å². The molecule has 2 amide bonds. The number of primary amides is 2. The van der Waals surface area contributed by atoms with Gasteiger partial charge < -0.3 is 20.8 Å². The Kier molecular flexibility index (Phi) is 5.81. The van der Waals surface area contributed by atoms with Crippen LogP contribution in [0.5, 0.6) is 5.75 Å². The van der Waals surface area contributed by atoms with Crippen molar-refractivity contribution in [2.45, 2.75) is 38.7 Å². The predicted octanol–water partition coefficient (Wildman–Crippen LogP) is 4.09. The van der Waals surface area contributed by atoms with Crippen molar-refractivity contribution in [1.82, 2.24) is 4.57 Å². The molecule has 1 aliphatic rings. The fraction of sp³-hybridized carbons (Fsp3) is 0.368. The van der Waals surface area contributed by atoms with Gasteiger partial charge in [0.25, 0.3) is 0 Å². The van der Waals surface area contributed by atoms with Crippen LogP contribution in [0.4, 0.5) is 27.2 Å². The summed E-state index contributed by atoms with van der Waals surface area (Å²) in [7, 11) is 0. The third-order valence-electron chi connectivity index (χ3n) is 5.64. The third kappa shape index (κ3) is 3.84. The number of carbonyl (C=O) groups is 2. The van der Waals surface area contributed by atoms with Crippen molar-refractivity contribution < 1.29 is 41.4 Å². The largest absolute Gasteiger partial charge is 0.459 e. The van der Waals surface area contributed by atoms with Gasteiger partial charge in [0.2, 0.25) is 5.54 Å². The standard InChI is InChI=1S/C19H19ClF4N4O4/c1-18(2,19(22,23)24)28(32-17(26)30)7-6-27-12(9-28)14(31-16(25)29)13(15(27)20)10-4-3-5-11(21)8-10/h3-5,8H,6-7,9H2,1-2H3,(H3-,25,26,29,30)/p+1. The SMILES string of the molecule is CC(C)(C(F)(F)F)[N+]1(OC(N)=O)CCn2c(Cl)c(-c3cccc(F)c3)c(OC(N)=O)c2C1. The second kappa shape index (κ2) is 7.85. The Labute approximate surface area is 184 Å². The number of hydroxylamine groups is 3. The molecule has 0 spiro atoms. The number of rotatable bonds is 4. The van der Waals surface area contributed by atoms with Gasteiger partial charge in [-0.25, -0.2) is 14.0 Å². The average Bonchev–Trinajstić information content (AvgIpc) is 2.91. The fourth-order valence-corrected chi connectivity index (χ4v) is 4.15. The average molecular weight is 480 g/mol. The zero-order chi connectivity index (χ0) is 24.1. The number of benzene rings is 1. The highest BCUT2D eigenvalue weighted by Crippen LogP contribution is 2.49. The summed E-state index contributed by atoms with van der Waals surface area (Å²) >= 11 is 6.47. The molecule has 0 saturated heterocycles. The van der Waals surface area contributed by atoms with Gasteiger partial charge in [0, 0.05) is 13.8 Å². The lowest BCUT2D eigenvalue weighted by molar-refractivity contribution is -1.14. The minimum absolute atomic E-state index is 0.00196. The Hall–Kier alpha value is -2.99. The molecular formula is C19H20ClF4N4O4+. The third-order valence-corrected chi connectivity index (χ3v) is 6.03. The maximum absolute atomic E-state index is 14.0. The van der Waals surface area contributed by atoms with E-state index in [1.165, 1.54) is 22.8 Å². The number of fused-ring (bicyclic) bond motifs is 1. The minimum Gasteiger partial charge on any atom is -0.408 e. The quantitative estimate of drug-likeness (QED) is 0.508. The van der Waals surface area contributed by atoms with E-state index in [4.69, 9.17) is 32.6 Å². The van der Waals surface area contributed by atoms with Crippen molar-refractivity contribution in [1.29, 1.82) is 0 Å². The summed E-state index contributed by atoms with van der Waals surface area (Å²) in [6.07, 6.45) is -7.49. The highest BCUT2D eigenvalue weighted by atomic mass is 35.5. The topological polar surface area (TPSA) is 110 Å². The number of halogens is 5. The lowest BCUT2D eigenvalue weighted by Crippen LogP contribution is -2.70. The Morgan fingerprint density at radius 2 is 1.84 bits per heavy atom. The van der Waals surface area contributed by atoms with Crippen molar-refractivity contribution in [3.8, 4) is 16.9 Å². The van der Waals surface area contributed by atoms with E-state index in [1.807, 2.05) is 0 Å². The Balaban J connectivity index is 2.26. The number of nitrogens with zero attached hydrogens (tertiary/aromatic N) is 2. The molecule has 0 bridgehead atoms. The smallest absolute Gasteiger partial charge is 0.408 e. The van der Waals surface area contributed by atoms with Crippen LogP contribution in [0.2, 0.25) is 5.15 Å². The highest BCUT2D eigenvalue weighted by Gasteiger charge is 2.66. The van der Waals surface area contributed by atoms with Gasteiger partial charge in [-0.3, -0.25) is 4.84 Å². The van der Waals surface area contributed by atoms with Gasteiger partial charge in [0.15, 0.2) is 12.3 Å². The molecule has 3 rings (SSSR count). The molecule has 13 heteroatoms. The van der Waals surface area contributed by atoms with Crippen LogP contribution in [0, 0.1) is 5.82 Å². The van der Waals surface area contributed by atoms with Crippen LogP contribution in [0.25, 0.3) is 11.1 Å². The molecule has 8 nitrogen and oxygen atoms in total. The van der Waals surface area contributed by atoms with Gasteiger partial charge in [-0.1, -0.05) is 23.7 Å². The molecule has 32 heavy (non-hydrogen) atoms. The number of hydrogen-bond acceptors (Lipinski definition) is 4. The Morgan fingerprint density at radius 3 is 2.38 bits per heavy atom. The van der Waals surface area contributed by atoms with Gasteiger partial charge in [0.1, 0.15) is 23.2 Å². The zero-order valence-electron chi connectivity index (χ0n) is 17.0. The van der Waals surface area contributed by atoms with Crippen molar-refractivity contribution in [3.63, 3.8) is 0 Å². The van der Waals surface area contributed by atoms with E-state index in [9.17, 15) is 27.2 Å². The van der Waals surface area contributed by atoms with Crippen molar-refractivity contribution in [2.75, 3.05) is 6.54 Å². The molecule has 1 unspecified atom stereocenters. The first-order chi connectivity index (χ1) is 14.7. The van der Waals surface area contributed by atoms with Gasteiger partial charge >= 0.3 is 18.4 Å². The molecule has 0 radical (unpaired) electrons. The molecule has 2 heterocycles. The van der Waals surface area contributed by atoms with E-state index < -0.39 is 40.9 Å². The molecule has 1 aromatic carbocycles. The van der Waals surface area contributed by atoms with E-state index in [1.54, 1.807) is 0 Å². The number of quaternary nitrogens is 1. The van der Waals surface area contributed by atoms with Gasteiger partial charge in [-0.15, -0.1) is 4.65 Å². The number of amides is 2. The number of hydrogen-bond donors (Lipinski definition) is 2.